The summed E-state index contributed by atoms with van der Waals surface area (Å²) in [5.41, 5.74) is 0.828. The van der Waals surface area contributed by atoms with Crippen molar-refractivity contribution in [2.45, 2.75) is 0 Å². The van der Waals surface area contributed by atoms with Crippen LogP contribution in [0.4, 0.5) is 0 Å². The second kappa shape index (κ2) is 6.81. The van der Waals surface area contributed by atoms with E-state index in [1.807, 2.05) is 54.6 Å². The van der Waals surface area contributed by atoms with Gasteiger partial charge in [-0.25, -0.2) is 0 Å². The molecule has 0 spiro atoms. The number of amides is 1. The van der Waals surface area contributed by atoms with Crippen LogP contribution in [-0.2, 0) is 4.79 Å². The van der Waals surface area contributed by atoms with Crippen LogP contribution in [0.5, 0.6) is 11.5 Å². The summed E-state index contributed by atoms with van der Waals surface area (Å²) in [6, 6.07) is 16.9. The molecule has 1 heterocycles. The number of aliphatic imine (C=N–C) groups is 1. The molecule has 23 heavy (non-hydrogen) atoms. The average molecular weight is 321 g/mol. The minimum absolute atomic E-state index is 0.265. The van der Waals surface area contributed by atoms with Gasteiger partial charge >= 0.3 is 0 Å². The van der Waals surface area contributed by atoms with Crippen molar-refractivity contribution in [2.75, 3.05) is 0 Å². The third-order valence-corrected chi connectivity index (χ3v) is 3.85. The molecule has 1 amide bonds. The van der Waals surface area contributed by atoms with E-state index >= 15 is 0 Å². The number of amidine groups is 1. The molecule has 2 aromatic rings. The van der Waals surface area contributed by atoms with Crippen LogP contribution in [0, 0.1) is 11.5 Å². The van der Waals surface area contributed by atoms with Gasteiger partial charge in [0.2, 0.25) is 6.19 Å². The number of nitrogens with one attached hydrogen (secondary N) is 1. The first kappa shape index (κ1) is 14.9. The number of nitriles is 1. The molecule has 3 rings (SSSR count). The number of para-hydroxylation sites is 1. The van der Waals surface area contributed by atoms with Gasteiger partial charge in [0.05, 0.1) is 4.91 Å². The van der Waals surface area contributed by atoms with Crippen LogP contribution < -0.4 is 10.1 Å². The van der Waals surface area contributed by atoms with Gasteiger partial charge < -0.3 is 4.74 Å². The fourth-order valence-electron chi connectivity index (χ4n) is 1.97. The molecule has 0 atom stereocenters. The van der Waals surface area contributed by atoms with E-state index in [0.29, 0.717) is 15.8 Å². The van der Waals surface area contributed by atoms with Gasteiger partial charge in [-0.15, -0.1) is 4.99 Å². The summed E-state index contributed by atoms with van der Waals surface area (Å²) >= 11 is 1.14. The number of nitrogens with zero attached hydrogens (tertiary/aromatic N) is 2. The molecule has 1 N–H and O–H groups in total. The maximum atomic E-state index is 11.8. The molecule has 1 aliphatic heterocycles. The van der Waals surface area contributed by atoms with E-state index in [2.05, 4.69) is 10.3 Å². The van der Waals surface area contributed by atoms with Gasteiger partial charge in [-0.1, -0.05) is 30.3 Å². The molecule has 0 bridgehead atoms. The first-order valence-electron chi connectivity index (χ1n) is 6.75. The predicted molar refractivity (Wildman–Crippen MR) is 89.7 cm³/mol. The monoisotopic (exact) mass is 321 g/mol. The normalized spacial score (nSPS) is 17.1. The van der Waals surface area contributed by atoms with Crippen molar-refractivity contribution < 1.29 is 9.53 Å². The molecule has 1 saturated heterocycles. The highest BCUT2D eigenvalue weighted by atomic mass is 32.2. The van der Waals surface area contributed by atoms with Crippen molar-refractivity contribution >= 4 is 28.9 Å². The van der Waals surface area contributed by atoms with Gasteiger partial charge in [-0.05, 0) is 47.7 Å². The molecule has 5 nitrogen and oxygen atoms in total. The van der Waals surface area contributed by atoms with E-state index < -0.39 is 0 Å². The smallest absolute Gasteiger partial charge is 0.264 e. The highest BCUT2D eigenvalue weighted by Gasteiger charge is 2.23. The van der Waals surface area contributed by atoms with Crippen LogP contribution in [-0.4, -0.2) is 11.1 Å². The Morgan fingerprint density at radius 3 is 2.70 bits per heavy atom. The van der Waals surface area contributed by atoms with Crippen molar-refractivity contribution in [3.8, 4) is 17.7 Å². The summed E-state index contributed by atoms with van der Waals surface area (Å²) < 4.78 is 5.77. The fourth-order valence-corrected chi connectivity index (χ4v) is 2.75. The van der Waals surface area contributed by atoms with Crippen molar-refractivity contribution in [3.05, 3.63) is 65.1 Å². The number of carbonyl (C=O) groups is 1. The highest BCUT2D eigenvalue weighted by molar-refractivity contribution is 8.18. The van der Waals surface area contributed by atoms with E-state index in [-0.39, 0.29) is 5.91 Å². The molecule has 1 fully saturated rings. The lowest BCUT2D eigenvalue weighted by molar-refractivity contribution is -0.115. The lowest BCUT2D eigenvalue weighted by Gasteiger charge is -2.06. The summed E-state index contributed by atoms with van der Waals surface area (Å²) in [4.78, 5) is 15.8. The maximum absolute atomic E-state index is 11.8. The molecule has 2 aromatic carbocycles. The van der Waals surface area contributed by atoms with Gasteiger partial charge in [0.1, 0.15) is 11.5 Å². The lowest BCUT2D eigenvalue weighted by atomic mass is 10.2. The number of carbonyl (C=O) groups excluding carboxylic acids is 1. The summed E-state index contributed by atoms with van der Waals surface area (Å²) in [7, 11) is 0. The van der Waals surface area contributed by atoms with Gasteiger partial charge in [0.25, 0.3) is 5.91 Å². The SMILES string of the molecule is N#CN=C1NC(=O)/C(=C\c2cccc(Oc3ccccc3)c2)S1. The van der Waals surface area contributed by atoms with Crippen LogP contribution in [0.1, 0.15) is 5.56 Å². The van der Waals surface area contributed by atoms with Crippen LogP contribution in [0.25, 0.3) is 6.08 Å². The first-order valence-corrected chi connectivity index (χ1v) is 7.57. The van der Waals surface area contributed by atoms with Gasteiger partial charge in [0.15, 0.2) is 5.17 Å². The summed E-state index contributed by atoms with van der Waals surface area (Å²) in [6.07, 6.45) is 3.39. The van der Waals surface area contributed by atoms with E-state index in [4.69, 9.17) is 10.00 Å². The fraction of sp³-hybridized carbons (Fsp3) is 0. The minimum atomic E-state index is -0.265. The third kappa shape index (κ3) is 3.78. The number of thioether (sulfide) groups is 1. The number of benzene rings is 2. The third-order valence-electron chi connectivity index (χ3n) is 2.94. The molecule has 0 saturated carbocycles. The second-order valence-electron chi connectivity index (χ2n) is 4.57. The largest absolute Gasteiger partial charge is 0.457 e. The highest BCUT2D eigenvalue weighted by Crippen LogP contribution is 2.28. The Morgan fingerprint density at radius 2 is 1.91 bits per heavy atom. The number of hydrogen-bond acceptors (Lipinski definition) is 5. The number of hydrogen-bond donors (Lipinski definition) is 1. The van der Waals surface area contributed by atoms with E-state index in [0.717, 1.165) is 23.1 Å². The Labute approximate surface area is 137 Å². The van der Waals surface area contributed by atoms with Crippen molar-refractivity contribution in [2.24, 2.45) is 4.99 Å². The van der Waals surface area contributed by atoms with E-state index in [1.54, 1.807) is 12.3 Å². The summed E-state index contributed by atoms with van der Waals surface area (Å²) in [6.45, 7) is 0. The van der Waals surface area contributed by atoms with Crippen LogP contribution in [0.15, 0.2) is 64.5 Å². The Balaban J connectivity index is 1.81. The van der Waals surface area contributed by atoms with Crippen molar-refractivity contribution in [3.63, 3.8) is 0 Å². The Bertz CT molecular complexity index is 838. The zero-order valence-corrected chi connectivity index (χ0v) is 12.7. The Kier molecular flexibility index (Phi) is 4.41. The second-order valence-corrected chi connectivity index (χ2v) is 5.60. The first-order chi connectivity index (χ1) is 11.2. The van der Waals surface area contributed by atoms with Crippen LogP contribution in [0.3, 0.4) is 0 Å². The quantitative estimate of drug-likeness (QED) is 0.693. The molecule has 0 aromatic heterocycles. The van der Waals surface area contributed by atoms with E-state index in [9.17, 15) is 4.79 Å². The topological polar surface area (TPSA) is 74.5 Å². The number of rotatable bonds is 3. The molecular weight excluding hydrogens is 310 g/mol. The average Bonchev–Trinajstić information content (AvgIpc) is 2.89. The van der Waals surface area contributed by atoms with Crippen LogP contribution in [0.2, 0.25) is 0 Å². The Morgan fingerprint density at radius 1 is 1.13 bits per heavy atom. The molecule has 1 aliphatic rings. The van der Waals surface area contributed by atoms with E-state index in [1.165, 1.54) is 0 Å². The van der Waals surface area contributed by atoms with Gasteiger partial charge in [0, 0.05) is 0 Å². The maximum Gasteiger partial charge on any atom is 0.264 e. The van der Waals surface area contributed by atoms with Crippen molar-refractivity contribution in [1.29, 1.82) is 5.26 Å². The van der Waals surface area contributed by atoms with Gasteiger partial charge in [-0.2, -0.15) is 5.26 Å². The molecule has 6 heteroatoms. The van der Waals surface area contributed by atoms with Gasteiger partial charge in [-0.3, -0.25) is 10.1 Å². The lowest BCUT2D eigenvalue weighted by Crippen LogP contribution is -2.19. The standard InChI is InChI=1S/C17H11N3O2S/c18-11-19-17-20-16(21)15(23-17)10-12-5-4-8-14(9-12)22-13-6-2-1-3-7-13/h1-10H,(H,19,20,21)/b15-10+. The zero-order chi connectivity index (χ0) is 16.1. The number of ether oxygens (including phenoxy) is 1. The summed E-state index contributed by atoms with van der Waals surface area (Å²) in [5.74, 6) is 1.16. The van der Waals surface area contributed by atoms with Crippen molar-refractivity contribution in [1.82, 2.24) is 5.32 Å². The molecular formula is C17H11N3O2S. The summed E-state index contributed by atoms with van der Waals surface area (Å²) in [5, 5.41) is 11.4. The Hall–Kier alpha value is -3.04. The van der Waals surface area contributed by atoms with Crippen LogP contribution >= 0.6 is 11.8 Å². The molecule has 0 radical (unpaired) electrons. The minimum Gasteiger partial charge on any atom is -0.457 e. The molecule has 0 aliphatic carbocycles. The molecule has 0 unspecified atom stereocenters. The molecule has 112 valence electrons. The zero-order valence-electron chi connectivity index (χ0n) is 11.9. The predicted octanol–water partition coefficient (Wildman–Crippen LogP) is 3.52.